The van der Waals surface area contributed by atoms with E-state index >= 15 is 0 Å². The maximum atomic E-state index is 5.50. The van der Waals surface area contributed by atoms with Gasteiger partial charge in [-0.2, -0.15) is 0 Å². The number of benzene rings is 1. The van der Waals surface area contributed by atoms with Crippen LogP contribution in [0.2, 0.25) is 0 Å². The standard InChI is InChI=1S/C14H12N.Ir/c1-2-7-13-10-6-11-14(15-13)12-8-4-3-5-9-12;/h1,3-6,8,10-11H,2,7H2;/q-1;. The molecule has 2 aromatic rings. The number of hydrogen-bond acceptors (Lipinski definition) is 1. The van der Waals surface area contributed by atoms with E-state index in [1.807, 2.05) is 42.5 Å². The van der Waals surface area contributed by atoms with Gasteiger partial charge in [0.1, 0.15) is 0 Å². The maximum Gasteiger partial charge on any atom is 0.0297 e. The quantitative estimate of drug-likeness (QED) is 0.739. The second-order valence-electron chi connectivity index (χ2n) is 3.33. The van der Waals surface area contributed by atoms with Crippen LogP contribution in [-0.4, -0.2) is 4.98 Å². The van der Waals surface area contributed by atoms with Crippen molar-refractivity contribution >= 4 is 0 Å². The van der Waals surface area contributed by atoms with Crippen molar-refractivity contribution in [3.63, 3.8) is 0 Å². The molecule has 1 heterocycles. The Morgan fingerprint density at radius 3 is 2.69 bits per heavy atom. The number of nitrogens with zero attached hydrogens (tertiary/aromatic N) is 1. The Morgan fingerprint density at radius 1 is 1.12 bits per heavy atom. The molecule has 1 nitrogen and oxygen atoms in total. The second-order valence-corrected chi connectivity index (χ2v) is 3.33. The molecule has 0 bridgehead atoms. The van der Waals surface area contributed by atoms with Gasteiger partial charge in [-0.1, -0.05) is 12.1 Å². The minimum atomic E-state index is 0. The number of aromatic nitrogens is 1. The molecule has 0 N–H and O–H groups in total. The van der Waals surface area contributed by atoms with Crippen molar-refractivity contribution < 1.29 is 20.1 Å². The molecule has 1 aromatic heterocycles. The van der Waals surface area contributed by atoms with Crippen LogP contribution in [0.5, 0.6) is 0 Å². The molecular weight excluding hydrogens is 374 g/mol. The molecular formula is C14H12IrN-. The Hall–Kier alpha value is -0.981. The van der Waals surface area contributed by atoms with Crippen LogP contribution in [0.15, 0.2) is 42.5 Å². The van der Waals surface area contributed by atoms with Crippen LogP contribution in [0, 0.1) is 13.0 Å². The Balaban J connectivity index is 0.00000128. The topological polar surface area (TPSA) is 12.9 Å². The molecule has 0 fully saturated rings. The molecule has 2 heteroatoms. The van der Waals surface area contributed by atoms with Crippen LogP contribution in [-0.2, 0) is 26.5 Å². The first-order chi connectivity index (χ1) is 7.40. The molecule has 16 heavy (non-hydrogen) atoms. The van der Waals surface area contributed by atoms with Crippen molar-refractivity contribution in [3.05, 3.63) is 61.1 Å². The minimum Gasteiger partial charge on any atom is -0.301 e. The van der Waals surface area contributed by atoms with Gasteiger partial charge in [-0.15, -0.1) is 35.9 Å². The summed E-state index contributed by atoms with van der Waals surface area (Å²) >= 11 is 0. The zero-order chi connectivity index (χ0) is 10.5. The fourth-order valence-corrected chi connectivity index (χ4v) is 1.47. The Labute approximate surface area is 110 Å². The SMILES string of the molecule is [CH]CCc1cccc(-c2[c-]cccc2)n1.[Ir]. The average molecular weight is 386 g/mol. The largest absolute Gasteiger partial charge is 0.301 e. The van der Waals surface area contributed by atoms with Crippen LogP contribution in [0.1, 0.15) is 12.1 Å². The molecule has 0 unspecified atom stereocenters. The molecule has 0 atom stereocenters. The summed E-state index contributed by atoms with van der Waals surface area (Å²) in [6.07, 6.45) is 1.45. The summed E-state index contributed by atoms with van der Waals surface area (Å²) in [5.74, 6) is 0. The Morgan fingerprint density at radius 2 is 2.00 bits per heavy atom. The summed E-state index contributed by atoms with van der Waals surface area (Å²) in [7, 11) is 0. The van der Waals surface area contributed by atoms with Gasteiger partial charge >= 0.3 is 0 Å². The van der Waals surface area contributed by atoms with E-state index in [2.05, 4.69) is 11.1 Å². The third-order valence-corrected chi connectivity index (χ3v) is 2.19. The van der Waals surface area contributed by atoms with Crippen LogP contribution in [0.4, 0.5) is 0 Å². The van der Waals surface area contributed by atoms with E-state index in [0.717, 1.165) is 23.4 Å². The van der Waals surface area contributed by atoms with Gasteiger partial charge in [0, 0.05) is 25.8 Å². The molecule has 0 aliphatic rings. The Bertz CT molecular complexity index is 426. The van der Waals surface area contributed by atoms with E-state index in [1.165, 1.54) is 0 Å². The van der Waals surface area contributed by atoms with Gasteiger partial charge in [0.2, 0.25) is 0 Å². The summed E-state index contributed by atoms with van der Waals surface area (Å²) in [4.78, 5) is 4.52. The molecule has 0 saturated heterocycles. The smallest absolute Gasteiger partial charge is 0.0297 e. The molecule has 3 radical (unpaired) electrons. The first kappa shape index (κ1) is 13.1. The minimum absolute atomic E-state index is 0. The number of hydrogen-bond donors (Lipinski definition) is 0. The van der Waals surface area contributed by atoms with Gasteiger partial charge in [-0.25, -0.2) is 0 Å². The van der Waals surface area contributed by atoms with E-state index in [1.54, 1.807) is 0 Å². The molecule has 2 rings (SSSR count). The molecule has 0 saturated carbocycles. The molecule has 0 aliphatic heterocycles. The summed E-state index contributed by atoms with van der Waals surface area (Å²) in [5.41, 5.74) is 3.02. The van der Waals surface area contributed by atoms with E-state index in [0.29, 0.717) is 6.42 Å². The van der Waals surface area contributed by atoms with E-state index in [9.17, 15) is 0 Å². The number of rotatable bonds is 3. The molecule has 83 valence electrons. The van der Waals surface area contributed by atoms with Gasteiger partial charge in [0.25, 0.3) is 0 Å². The normalized spacial score (nSPS) is 9.56. The van der Waals surface area contributed by atoms with E-state index in [-0.39, 0.29) is 20.1 Å². The fourth-order valence-electron chi connectivity index (χ4n) is 1.47. The van der Waals surface area contributed by atoms with Crippen LogP contribution in [0.3, 0.4) is 0 Å². The van der Waals surface area contributed by atoms with Crippen LogP contribution < -0.4 is 0 Å². The summed E-state index contributed by atoms with van der Waals surface area (Å²) < 4.78 is 0. The van der Waals surface area contributed by atoms with Crippen molar-refractivity contribution in [1.29, 1.82) is 0 Å². The van der Waals surface area contributed by atoms with Gasteiger partial charge in [-0.3, -0.25) is 0 Å². The third-order valence-electron chi connectivity index (χ3n) is 2.19. The van der Waals surface area contributed by atoms with Crippen LogP contribution >= 0.6 is 0 Å². The fraction of sp³-hybridized carbons (Fsp3) is 0.143. The van der Waals surface area contributed by atoms with Gasteiger partial charge < -0.3 is 4.98 Å². The van der Waals surface area contributed by atoms with Gasteiger partial charge in [0.05, 0.1) is 0 Å². The number of aryl methyl sites for hydroxylation is 1. The van der Waals surface area contributed by atoms with Crippen LogP contribution in [0.25, 0.3) is 11.3 Å². The van der Waals surface area contributed by atoms with E-state index in [4.69, 9.17) is 6.92 Å². The zero-order valence-corrected chi connectivity index (χ0v) is 11.2. The van der Waals surface area contributed by atoms with Crippen molar-refractivity contribution in [1.82, 2.24) is 4.98 Å². The molecule has 0 aliphatic carbocycles. The monoisotopic (exact) mass is 387 g/mol. The first-order valence-electron chi connectivity index (χ1n) is 5.03. The maximum absolute atomic E-state index is 5.50. The van der Waals surface area contributed by atoms with Gasteiger partial charge in [0.15, 0.2) is 0 Å². The molecule has 1 aromatic carbocycles. The summed E-state index contributed by atoms with van der Waals surface area (Å²) in [6, 6.07) is 17.0. The first-order valence-corrected chi connectivity index (χ1v) is 5.03. The number of pyridine rings is 1. The van der Waals surface area contributed by atoms with Crippen molar-refractivity contribution in [2.75, 3.05) is 0 Å². The average Bonchev–Trinajstić information content (AvgIpc) is 2.31. The third kappa shape index (κ3) is 3.26. The predicted octanol–water partition coefficient (Wildman–Crippen LogP) is 3.19. The van der Waals surface area contributed by atoms with E-state index < -0.39 is 0 Å². The Kier molecular flexibility index (Phi) is 5.37. The summed E-state index contributed by atoms with van der Waals surface area (Å²) in [6.45, 7) is 5.50. The van der Waals surface area contributed by atoms with Gasteiger partial charge in [-0.05, 0) is 31.5 Å². The van der Waals surface area contributed by atoms with Crippen molar-refractivity contribution in [2.45, 2.75) is 12.8 Å². The zero-order valence-electron chi connectivity index (χ0n) is 8.81. The molecule has 0 spiro atoms. The van der Waals surface area contributed by atoms with Crippen molar-refractivity contribution in [3.8, 4) is 11.3 Å². The second kappa shape index (κ2) is 6.57. The van der Waals surface area contributed by atoms with Crippen molar-refractivity contribution in [2.24, 2.45) is 0 Å². The predicted molar refractivity (Wildman–Crippen MR) is 61.1 cm³/mol. The molecule has 0 amide bonds. The summed E-state index contributed by atoms with van der Waals surface area (Å²) in [5, 5.41) is 0.